The SMILES string of the molecule is COc1ccc(C(=O)O)c(C#CCNC(C)=O)c1. The zero-order valence-electron chi connectivity index (χ0n) is 10.1. The molecule has 1 aromatic carbocycles. The number of hydrogen-bond acceptors (Lipinski definition) is 3. The van der Waals surface area contributed by atoms with Crippen LogP contribution >= 0.6 is 0 Å². The van der Waals surface area contributed by atoms with Gasteiger partial charge in [0.25, 0.3) is 0 Å². The molecule has 2 N–H and O–H groups in total. The maximum Gasteiger partial charge on any atom is 0.336 e. The number of carboxylic acid groups (broad SMARTS) is 1. The zero-order valence-corrected chi connectivity index (χ0v) is 10.1. The van der Waals surface area contributed by atoms with Crippen LogP contribution in [0, 0.1) is 11.8 Å². The Morgan fingerprint density at radius 1 is 1.44 bits per heavy atom. The first-order valence-corrected chi connectivity index (χ1v) is 5.19. The molecule has 0 fully saturated rings. The summed E-state index contributed by atoms with van der Waals surface area (Å²) in [6.45, 7) is 1.56. The van der Waals surface area contributed by atoms with Gasteiger partial charge < -0.3 is 15.2 Å². The van der Waals surface area contributed by atoms with Crippen LogP contribution in [-0.4, -0.2) is 30.6 Å². The van der Waals surface area contributed by atoms with E-state index in [2.05, 4.69) is 17.2 Å². The van der Waals surface area contributed by atoms with Crippen LogP contribution in [0.1, 0.15) is 22.8 Å². The molecule has 0 aliphatic carbocycles. The summed E-state index contributed by atoms with van der Waals surface area (Å²) in [6.07, 6.45) is 0. The molecule has 18 heavy (non-hydrogen) atoms. The Hall–Kier alpha value is -2.48. The van der Waals surface area contributed by atoms with Crippen LogP contribution in [0.2, 0.25) is 0 Å². The highest BCUT2D eigenvalue weighted by molar-refractivity contribution is 5.91. The topological polar surface area (TPSA) is 75.6 Å². The van der Waals surface area contributed by atoms with Gasteiger partial charge in [-0.2, -0.15) is 0 Å². The van der Waals surface area contributed by atoms with Crippen molar-refractivity contribution in [3.63, 3.8) is 0 Å². The zero-order chi connectivity index (χ0) is 13.5. The first-order chi connectivity index (χ1) is 8.54. The van der Waals surface area contributed by atoms with E-state index < -0.39 is 5.97 Å². The molecule has 0 aliphatic heterocycles. The predicted octanol–water partition coefficient (Wildman–Crippen LogP) is 0.881. The summed E-state index contributed by atoms with van der Waals surface area (Å²) in [7, 11) is 1.49. The van der Waals surface area contributed by atoms with Crippen LogP contribution in [-0.2, 0) is 4.79 Å². The molecular weight excluding hydrogens is 234 g/mol. The van der Waals surface area contributed by atoms with Crippen molar-refractivity contribution < 1.29 is 19.4 Å². The highest BCUT2D eigenvalue weighted by Gasteiger charge is 2.09. The van der Waals surface area contributed by atoms with Crippen LogP contribution in [0.15, 0.2) is 18.2 Å². The fourth-order valence-electron chi connectivity index (χ4n) is 1.25. The minimum Gasteiger partial charge on any atom is -0.497 e. The Bertz CT molecular complexity index is 526. The summed E-state index contributed by atoms with van der Waals surface area (Å²) in [6, 6.07) is 4.54. The summed E-state index contributed by atoms with van der Waals surface area (Å²) < 4.78 is 5.00. The number of ether oxygens (including phenoxy) is 1. The second kappa shape index (κ2) is 6.30. The van der Waals surface area contributed by atoms with Crippen LogP contribution in [0.5, 0.6) is 5.75 Å². The molecule has 5 nitrogen and oxygen atoms in total. The fourth-order valence-corrected chi connectivity index (χ4v) is 1.25. The van der Waals surface area contributed by atoms with E-state index in [0.717, 1.165) is 0 Å². The normalized spacial score (nSPS) is 9.00. The van der Waals surface area contributed by atoms with Gasteiger partial charge in [0.15, 0.2) is 0 Å². The number of carbonyl (C=O) groups excluding carboxylic acids is 1. The van der Waals surface area contributed by atoms with E-state index in [0.29, 0.717) is 11.3 Å². The van der Waals surface area contributed by atoms with Gasteiger partial charge in [-0.1, -0.05) is 11.8 Å². The summed E-state index contributed by atoms with van der Waals surface area (Å²) in [5, 5.41) is 11.5. The van der Waals surface area contributed by atoms with E-state index >= 15 is 0 Å². The molecule has 0 aromatic heterocycles. The lowest BCUT2D eigenvalue weighted by Crippen LogP contribution is -2.19. The molecule has 0 saturated carbocycles. The van der Waals surface area contributed by atoms with Crippen LogP contribution in [0.3, 0.4) is 0 Å². The fraction of sp³-hybridized carbons (Fsp3) is 0.231. The van der Waals surface area contributed by atoms with Gasteiger partial charge in [-0.3, -0.25) is 4.79 Å². The van der Waals surface area contributed by atoms with Crippen molar-refractivity contribution in [1.29, 1.82) is 0 Å². The first kappa shape index (κ1) is 13.6. The van der Waals surface area contributed by atoms with Crippen molar-refractivity contribution in [3.05, 3.63) is 29.3 Å². The minimum absolute atomic E-state index is 0.103. The van der Waals surface area contributed by atoms with Crippen molar-refractivity contribution in [3.8, 4) is 17.6 Å². The maximum atomic E-state index is 11.0. The Morgan fingerprint density at radius 3 is 2.72 bits per heavy atom. The third-order valence-corrected chi connectivity index (χ3v) is 2.11. The third kappa shape index (κ3) is 3.83. The van der Waals surface area contributed by atoms with E-state index in [1.807, 2.05) is 0 Å². The molecule has 94 valence electrons. The highest BCUT2D eigenvalue weighted by atomic mass is 16.5. The molecule has 0 aliphatic rings. The van der Waals surface area contributed by atoms with E-state index in [9.17, 15) is 9.59 Å². The number of rotatable bonds is 3. The quantitative estimate of drug-likeness (QED) is 0.777. The van der Waals surface area contributed by atoms with E-state index in [4.69, 9.17) is 9.84 Å². The summed E-state index contributed by atoms with van der Waals surface area (Å²) in [5.74, 6) is 4.67. The van der Waals surface area contributed by atoms with Crippen LogP contribution < -0.4 is 10.1 Å². The lowest BCUT2D eigenvalue weighted by Gasteiger charge is -2.03. The number of carbonyl (C=O) groups is 2. The molecule has 0 radical (unpaired) electrons. The molecule has 0 unspecified atom stereocenters. The first-order valence-electron chi connectivity index (χ1n) is 5.19. The van der Waals surface area contributed by atoms with Crippen molar-refractivity contribution in [2.24, 2.45) is 0 Å². The Kier molecular flexibility index (Phi) is 4.76. The lowest BCUT2D eigenvalue weighted by atomic mass is 10.1. The molecule has 1 amide bonds. The summed E-state index contributed by atoms with van der Waals surface area (Å²) >= 11 is 0. The molecular formula is C13H13NO4. The van der Waals surface area contributed by atoms with Gasteiger partial charge in [-0.25, -0.2) is 4.79 Å². The number of aromatic carboxylic acids is 1. The monoisotopic (exact) mass is 247 g/mol. The number of nitrogens with one attached hydrogen (secondary N) is 1. The second-order valence-electron chi connectivity index (χ2n) is 3.43. The molecule has 5 heteroatoms. The largest absolute Gasteiger partial charge is 0.497 e. The van der Waals surface area contributed by atoms with Gasteiger partial charge >= 0.3 is 5.97 Å². The summed E-state index contributed by atoms with van der Waals surface area (Å²) in [5.41, 5.74) is 0.457. The molecule has 0 saturated heterocycles. The van der Waals surface area contributed by atoms with Gasteiger partial charge in [0.2, 0.25) is 5.91 Å². The Balaban J connectivity index is 2.97. The predicted molar refractivity (Wildman–Crippen MR) is 65.5 cm³/mol. The number of hydrogen-bond donors (Lipinski definition) is 2. The molecule has 1 aromatic rings. The maximum absolute atomic E-state index is 11.0. The smallest absolute Gasteiger partial charge is 0.336 e. The third-order valence-electron chi connectivity index (χ3n) is 2.11. The highest BCUT2D eigenvalue weighted by Crippen LogP contribution is 2.16. The Morgan fingerprint density at radius 2 is 2.17 bits per heavy atom. The number of carboxylic acids is 1. The van der Waals surface area contributed by atoms with E-state index in [-0.39, 0.29) is 18.0 Å². The minimum atomic E-state index is -1.05. The molecule has 1 rings (SSSR count). The Labute approximate surface area is 105 Å². The second-order valence-corrected chi connectivity index (χ2v) is 3.43. The lowest BCUT2D eigenvalue weighted by molar-refractivity contribution is -0.118. The van der Waals surface area contributed by atoms with Crippen molar-refractivity contribution in [2.75, 3.05) is 13.7 Å². The van der Waals surface area contributed by atoms with E-state index in [1.54, 1.807) is 12.1 Å². The van der Waals surface area contributed by atoms with Gasteiger partial charge in [-0.15, -0.1) is 0 Å². The standard InChI is InChI=1S/C13H13NO4/c1-9(15)14-7-3-4-10-8-11(18-2)5-6-12(10)13(16)17/h5-6,8H,7H2,1-2H3,(H,14,15)(H,16,17). The van der Waals surface area contributed by atoms with Gasteiger partial charge in [0.05, 0.1) is 19.2 Å². The van der Waals surface area contributed by atoms with Crippen LogP contribution in [0.25, 0.3) is 0 Å². The average molecular weight is 247 g/mol. The van der Waals surface area contributed by atoms with Crippen LogP contribution in [0.4, 0.5) is 0 Å². The average Bonchev–Trinajstić information content (AvgIpc) is 2.33. The molecule has 0 heterocycles. The van der Waals surface area contributed by atoms with Crippen molar-refractivity contribution >= 4 is 11.9 Å². The van der Waals surface area contributed by atoms with Crippen molar-refractivity contribution in [2.45, 2.75) is 6.92 Å². The van der Waals surface area contributed by atoms with Gasteiger partial charge in [0, 0.05) is 12.5 Å². The summed E-state index contributed by atoms with van der Waals surface area (Å²) in [4.78, 5) is 21.6. The van der Waals surface area contributed by atoms with E-state index in [1.165, 1.54) is 20.1 Å². The molecule has 0 atom stereocenters. The molecule has 0 bridgehead atoms. The number of methoxy groups -OCH3 is 1. The van der Waals surface area contributed by atoms with Gasteiger partial charge in [0.1, 0.15) is 5.75 Å². The van der Waals surface area contributed by atoms with Crippen molar-refractivity contribution in [1.82, 2.24) is 5.32 Å². The number of benzene rings is 1. The molecule has 0 spiro atoms. The van der Waals surface area contributed by atoms with Gasteiger partial charge in [-0.05, 0) is 18.2 Å². The number of amides is 1.